The second kappa shape index (κ2) is 5.51. The molecule has 1 N–H and O–H groups in total. The van der Waals surface area contributed by atoms with Crippen molar-refractivity contribution in [3.8, 4) is 0 Å². The van der Waals surface area contributed by atoms with Crippen molar-refractivity contribution in [2.45, 2.75) is 12.7 Å². The van der Waals surface area contributed by atoms with Crippen LogP contribution in [-0.4, -0.2) is 18.9 Å². The van der Waals surface area contributed by atoms with Crippen LogP contribution < -0.4 is 5.32 Å². The van der Waals surface area contributed by atoms with Crippen molar-refractivity contribution in [1.29, 1.82) is 0 Å². The predicted molar refractivity (Wildman–Crippen MR) is 50.6 cm³/mol. The molecule has 17 heavy (non-hydrogen) atoms. The van der Waals surface area contributed by atoms with E-state index in [0.29, 0.717) is 5.56 Å². The largest absolute Gasteiger partial charge is 0.440 e. The summed E-state index contributed by atoms with van der Waals surface area (Å²) in [6.45, 7) is -1.67. The Labute approximate surface area is 94.4 Å². The molecule has 0 saturated carbocycles. The zero-order chi connectivity index (χ0) is 12.9. The van der Waals surface area contributed by atoms with Gasteiger partial charge in [-0.3, -0.25) is 0 Å². The van der Waals surface area contributed by atoms with Gasteiger partial charge in [-0.1, -0.05) is 12.1 Å². The van der Waals surface area contributed by atoms with E-state index in [1.807, 2.05) is 0 Å². The Balaban J connectivity index is 2.31. The van der Waals surface area contributed by atoms with Crippen molar-refractivity contribution in [3.63, 3.8) is 0 Å². The molecule has 0 unspecified atom stereocenters. The van der Waals surface area contributed by atoms with E-state index in [1.54, 1.807) is 0 Å². The van der Waals surface area contributed by atoms with E-state index in [1.165, 1.54) is 24.3 Å². The van der Waals surface area contributed by atoms with Gasteiger partial charge in [0.15, 0.2) is 6.61 Å². The number of halogens is 4. The van der Waals surface area contributed by atoms with Gasteiger partial charge in [-0.25, -0.2) is 9.18 Å². The molecule has 0 aromatic heterocycles. The third-order valence-corrected chi connectivity index (χ3v) is 1.72. The van der Waals surface area contributed by atoms with Crippen LogP contribution in [0.4, 0.5) is 22.4 Å². The molecule has 3 nitrogen and oxygen atoms in total. The van der Waals surface area contributed by atoms with Crippen molar-refractivity contribution >= 4 is 6.09 Å². The summed E-state index contributed by atoms with van der Waals surface area (Å²) in [6.07, 6.45) is -5.72. The molecule has 0 radical (unpaired) electrons. The van der Waals surface area contributed by atoms with Gasteiger partial charge in [0, 0.05) is 6.54 Å². The van der Waals surface area contributed by atoms with Crippen molar-refractivity contribution < 1.29 is 27.1 Å². The standard InChI is InChI=1S/C10H9F4NO2/c11-8-3-1-7(2-4-8)5-15-9(16)17-6-10(12,13)14/h1-4H,5-6H2,(H,15,16). The van der Waals surface area contributed by atoms with Crippen LogP contribution in [0, 0.1) is 5.82 Å². The van der Waals surface area contributed by atoms with Crippen molar-refractivity contribution in [1.82, 2.24) is 5.32 Å². The number of rotatable bonds is 3. The van der Waals surface area contributed by atoms with Gasteiger partial charge in [-0.2, -0.15) is 13.2 Å². The quantitative estimate of drug-likeness (QED) is 0.838. The van der Waals surface area contributed by atoms with E-state index >= 15 is 0 Å². The van der Waals surface area contributed by atoms with Crippen LogP contribution in [0.5, 0.6) is 0 Å². The minimum Gasteiger partial charge on any atom is -0.440 e. The summed E-state index contributed by atoms with van der Waals surface area (Å²) in [5.74, 6) is -0.437. The zero-order valence-corrected chi connectivity index (χ0v) is 8.55. The van der Waals surface area contributed by atoms with Crippen LogP contribution in [0.3, 0.4) is 0 Å². The Hall–Kier alpha value is -1.79. The number of alkyl carbamates (subject to hydrolysis) is 1. The number of amides is 1. The first-order chi connectivity index (χ1) is 7.87. The Morgan fingerprint density at radius 3 is 2.35 bits per heavy atom. The second-order valence-electron chi connectivity index (χ2n) is 3.17. The first kappa shape index (κ1) is 13.3. The first-order valence-corrected chi connectivity index (χ1v) is 4.58. The van der Waals surface area contributed by atoms with Crippen molar-refractivity contribution in [3.05, 3.63) is 35.6 Å². The fourth-order valence-electron chi connectivity index (χ4n) is 0.975. The normalized spacial score (nSPS) is 11.1. The average Bonchev–Trinajstić information content (AvgIpc) is 2.25. The third-order valence-electron chi connectivity index (χ3n) is 1.72. The topological polar surface area (TPSA) is 38.3 Å². The van der Waals surface area contributed by atoms with Crippen LogP contribution in [0.2, 0.25) is 0 Å². The summed E-state index contributed by atoms with van der Waals surface area (Å²) in [4.78, 5) is 10.8. The van der Waals surface area contributed by atoms with Gasteiger partial charge in [0.2, 0.25) is 0 Å². The van der Waals surface area contributed by atoms with Crippen LogP contribution in [0.1, 0.15) is 5.56 Å². The fourth-order valence-corrected chi connectivity index (χ4v) is 0.975. The van der Waals surface area contributed by atoms with E-state index < -0.39 is 24.7 Å². The fraction of sp³-hybridized carbons (Fsp3) is 0.300. The van der Waals surface area contributed by atoms with Crippen LogP contribution >= 0.6 is 0 Å². The van der Waals surface area contributed by atoms with Crippen LogP contribution in [0.25, 0.3) is 0 Å². The predicted octanol–water partition coefficient (Wildman–Crippen LogP) is 2.61. The van der Waals surface area contributed by atoms with Crippen LogP contribution in [0.15, 0.2) is 24.3 Å². The minimum atomic E-state index is -4.55. The lowest BCUT2D eigenvalue weighted by Gasteiger charge is -2.09. The highest BCUT2D eigenvalue weighted by atomic mass is 19.4. The molecule has 0 fully saturated rings. The number of alkyl halides is 3. The van der Waals surface area contributed by atoms with E-state index in [2.05, 4.69) is 10.1 Å². The van der Waals surface area contributed by atoms with E-state index in [4.69, 9.17) is 0 Å². The molecule has 0 heterocycles. The van der Waals surface area contributed by atoms with Gasteiger partial charge in [0.25, 0.3) is 0 Å². The van der Waals surface area contributed by atoms with E-state index in [0.717, 1.165) is 0 Å². The smallest absolute Gasteiger partial charge is 0.422 e. The first-order valence-electron chi connectivity index (χ1n) is 4.58. The zero-order valence-electron chi connectivity index (χ0n) is 8.55. The highest BCUT2D eigenvalue weighted by Gasteiger charge is 2.29. The molecule has 0 aliphatic rings. The molecule has 0 aliphatic heterocycles. The molecular weight excluding hydrogens is 242 g/mol. The lowest BCUT2D eigenvalue weighted by atomic mass is 10.2. The summed E-state index contributed by atoms with van der Waals surface area (Å²) < 4.78 is 51.4. The van der Waals surface area contributed by atoms with Crippen LogP contribution in [-0.2, 0) is 11.3 Å². The molecule has 0 aliphatic carbocycles. The highest BCUT2D eigenvalue weighted by molar-refractivity contribution is 5.67. The molecule has 1 amide bonds. The summed E-state index contributed by atoms with van der Waals surface area (Å²) in [5.41, 5.74) is 0.551. The summed E-state index contributed by atoms with van der Waals surface area (Å²) >= 11 is 0. The Morgan fingerprint density at radius 2 is 1.82 bits per heavy atom. The Bertz CT molecular complexity index is 375. The Morgan fingerprint density at radius 1 is 1.24 bits per heavy atom. The molecule has 7 heteroatoms. The monoisotopic (exact) mass is 251 g/mol. The van der Waals surface area contributed by atoms with Gasteiger partial charge in [-0.05, 0) is 17.7 Å². The maximum Gasteiger partial charge on any atom is 0.422 e. The SMILES string of the molecule is O=C(NCc1ccc(F)cc1)OCC(F)(F)F. The molecule has 94 valence electrons. The number of benzene rings is 1. The van der Waals surface area contributed by atoms with Gasteiger partial charge < -0.3 is 10.1 Å². The number of hydrogen-bond acceptors (Lipinski definition) is 2. The van der Waals surface area contributed by atoms with Gasteiger partial charge >= 0.3 is 12.3 Å². The third kappa shape index (κ3) is 5.74. The number of carbonyl (C=O) groups excluding carboxylic acids is 1. The maximum absolute atomic E-state index is 12.5. The van der Waals surface area contributed by atoms with Gasteiger partial charge in [0.1, 0.15) is 5.82 Å². The minimum absolute atomic E-state index is 0.0308. The number of carbonyl (C=O) groups is 1. The summed E-state index contributed by atoms with van der Waals surface area (Å²) in [5, 5.41) is 2.11. The molecule has 1 rings (SSSR count). The number of nitrogens with one attached hydrogen (secondary N) is 1. The van der Waals surface area contributed by atoms with Gasteiger partial charge in [0.05, 0.1) is 0 Å². The summed E-state index contributed by atoms with van der Waals surface area (Å²) in [7, 11) is 0. The summed E-state index contributed by atoms with van der Waals surface area (Å²) in [6, 6.07) is 5.16. The van der Waals surface area contributed by atoms with E-state index in [-0.39, 0.29) is 6.54 Å². The number of hydrogen-bond donors (Lipinski definition) is 1. The molecule has 0 atom stereocenters. The van der Waals surface area contributed by atoms with Crippen molar-refractivity contribution in [2.24, 2.45) is 0 Å². The maximum atomic E-state index is 12.5. The molecule has 1 aromatic rings. The molecule has 0 bridgehead atoms. The lowest BCUT2D eigenvalue weighted by molar-refractivity contribution is -0.160. The molecule has 0 spiro atoms. The Kier molecular flexibility index (Phi) is 4.30. The number of ether oxygens (including phenoxy) is 1. The van der Waals surface area contributed by atoms with E-state index in [9.17, 15) is 22.4 Å². The molecule has 1 aromatic carbocycles. The highest BCUT2D eigenvalue weighted by Crippen LogP contribution is 2.14. The molecular formula is C10H9F4NO2. The second-order valence-corrected chi connectivity index (χ2v) is 3.17. The molecule has 0 saturated heterocycles. The van der Waals surface area contributed by atoms with Crippen molar-refractivity contribution in [2.75, 3.05) is 6.61 Å². The lowest BCUT2D eigenvalue weighted by Crippen LogP contribution is -2.28. The average molecular weight is 251 g/mol. The van der Waals surface area contributed by atoms with Gasteiger partial charge in [-0.15, -0.1) is 0 Å².